The third kappa shape index (κ3) is 5.79. The number of hydrogen-bond donors (Lipinski definition) is 1. The lowest BCUT2D eigenvalue weighted by Gasteiger charge is -2.20. The van der Waals surface area contributed by atoms with Crippen molar-refractivity contribution in [1.29, 1.82) is 0 Å². The molecule has 1 aromatic carbocycles. The van der Waals surface area contributed by atoms with Crippen LogP contribution in [0, 0.1) is 0 Å². The summed E-state index contributed by atoms with van der Waals surface area (Å²) in [6.45, 7) is 6.14. The lowest BCUT2D eigenvalue weighted by atomic mass is 10.0. The Kier molecular flexibility index (Phi) is 8.08. The highest BCUT2D eigenvalue weighted by Crippen LogP contribution is 2.31. The Morgan fingerprint density at radius 2 is 1.92 bits per heavy atom. The number of hydrogen-bond acceptors (Lipinski definition) is 6. The predicted molar refractivity (Wildman–Crippen MR) is 104 cm³/mol. The first-order chi connectivity index (χ1) is 11.6. The first-order valence-corrected chi connectivity index (χ1v) is 10.8. The number of amides is 1. The smallest absolute Gasteiger partial charge is 0.233 e. The zero-order valence-corrected chi connectivity index (χ0v) is 16.6. The lowest BCUT2D eigenvalue weighted by molar-refractivity contribution is -0.121. The van der Waals surface area contributed by atoms with Gasteiger partial charge in [-0.15, -0.1) is 10.2 Å². The molecule has 1 N–H and O–H groups in total. The summed E-state index contributed by atoms with van der Waals surface area (Å²) in [5.74, 6) is 1.02. The Hall–Kier alpha value is -1.05. The van der Waals surface area contributed by atoms with Gasteiger partial charge in [-0.1, -0.05) is 85.5 Å². The fourth-order valence-corrected chi connectivity index (χ4v) is 5.29. The Morgan fingerprint density at radius 3 is 2.58 bits per heavy atom. The maximum absolute atomic E-state index is 12.6. The summed E-state index contributed by atoms with van der Waals surface area (Å²) < 4.78 is 1.81. The standard InChI is InChI=1S/C17H23N3OS3/c1-4-9-14(13-10-7-6-8-11-13)18-15(21)12(3)23-17-20-19-16(24-17)22-5-2/h6-8,10-12,14H,4-5,9H2,1-3H3,(H,18,21)/t12-,14-/m0/s1. The third-order valence-electron chi connectivity index (χ3n) is 3.40. The minimum atomic E-state index is -0.194. The molecule has 0 unspecified atom stereocenters. The van der Waals surface area contributed by atoms with E-state index in [0.717, 1.165) is 32.8 Å². The molecule has 0 radical (unpaired) electrons. The first kappa shape index (κ1) is 19.3. The molecule has 4 nitrogen and oxygen atoms in total. The van der Waals surface area contributed by atoms with E-state index >= 15 is 0 Å². The minimum Gasteiger partial charge on any atom is -0.348 e. The molecule has 1 heterocycles. The SMILES string of the molecule is CCC[C@H](NC(=O)[C@H](C)Sc1nnc(SCC)s1)c1ccccc1. The summed E-state index contributed by atoms with van der Waals surface area (Å²) in [4.78, 5) is 12.6. The van der Waals surface area contributed by atoms with Crippen molar-refractivity contribution in [3.63, 3.8) is 0 Å². The van der Waals surface area contributed by atoms with E-state index in [0.29, 0.717) is 0 Å². The number of thioether (sulfide) groups is 2. The van der Waals surface area contributed by atoms with Gasteiger partial charge in [-0.05, 0) is 24.7 Å². The van der Waals surface area contributed by atoms with Crippen LogP contribution in [0.2, 0.25) is 0 Å². The molecule has 0 aliphatic heterocycles. The fourth-order valence-electron chi connectivity index (χ4n) is 2.22. The summed E-state index contributed by atoms with van der Waals surface area (Å²) in [5.41, 5.74) is 1.16. The lowest BCUT2D eigenvalue weighted by Crippen LogP contribution is -2.34. The molecule has 24 heavy (non-hydrogen) atoms. The number of nitrogens with zero attached hydrogens (tertiary/aromatic N) is 2. The average Bonchev–Trinajstić information content (AvgIpc) is 3.02. The average molecular weight is 382 g/mol. The molecule has 1 amide bonds. The molecule has 7 heteroatoms. The number of carbonyl (C=O) groups is 1. The van der Waals surface area contributed by atoms with Gasteiger partial charge >= 0.3 is 0 Å². The van der Waals surface area contributed by atoms with Crippen molar-refractivity contribution in [2.24, 2.45) is 0 Å². The van der Waals surface area contributed by atoms with Gasteiger partial charge in [0.1, 0.15) is 0 Å². The molecule has 0 aliphatic carbocycles. The molecule has 0 saturated carbocycles. The van der Waals surface area contributed by atoms with E-state index in [4.69, 9.17) is 0 Å². The van der Waals surface area contributed by atoms with Crippen molar-refractivity contribution in [3.05, 3.63) is 35.9 Å². The van der Waals surface area contributed by atoms with Gasteiger partial charge in [0.2, 0.25) is 5.91 Å². The third-order valence-corrected chi connectivity index (χ3v) is 6.52. The van der Waals surface area contributed by atoms with Gasteiger partial charge < -0.3 is 5.32 Å². The van der Waals surface area contributed by atoms with E-state index in [1.54, 1.807) is 23.1 Å². The Bertz CT molecular complexity index is 633. The molecule has 2 aromatic rings. The summed E-state index contributed by atoms with van der Waals surface area (Å²) in [7, 11) is 0. The summed E-state index contributed by atoms with van der Waals surface area (Å²) in [6, 6.07) is 10.2. The van der Waals surface area contributed by atoms with Crippen molar-refractivity contribution in [1.82, 2.24) is 15.5 Å². The Labute approximate surface area is 156 Å². The number of rotatable bonds is 9. The van der Waals surface area contributed by atoms with E-state index < -0.39 is 0 Å². The van der Waals surface area contributed by atoms with Crippen LogP contribution in [0.25, 0.3) is 0 Å². The van der Waals surface area contributed by atoms with Crippen molar-refractivity contribution in [3.8, 4) is 0 Å². The van der Waals surface area contributed by atoms with Gasteiger partial charge in [-0.2, -0.15) is 0 Å². The second-order valence-electron chi connectivity index (χ2n) is 5.29. The van der Waals surface area contributed by atoms with Crippen molar-refractivity contribution in [2.75, 3.05) is 5.75 Å². The highest BCUT2D eigenvalue weighted by Gasteiger charge is 2.21. The van der Waals surface area contributed by atoms with E-state index in [9.17, 15) is 4.79 Å². The van der Waals surface area contributed by atoms with Crippen LogP contribution in [0.1, 0.15) is 45.2 Å². The van der Waals surface area contributed by atoms with Crippen LogP contribution in [0.15, 0.2) is 39.0 Å². The summed E-state index contributed by atoms with van der Waals surface area (Å²) in [6.07, 6.45) is 1.96. The molecular weight excluding hydrogens is 358 g/mol. The van der Waals surface area contributed by atoms with E-state index in [1.807, 2.05) is 25.1 Å². The Morgan fingerprint density at radius 1 is 1.21 bits per heavy atom. The van der Waals surface area contributed by atoms with E-state index in [2.05, 4.69) is 41.5 Å². The van der Waals surface area contributed by atoms with Gasteiger partial charge in [0.05, 0.1) is 11.3 Å². The number of benzene rings is 1. The normalized spacial score (nSPS) is 13.5. The first-order valence-electron chi connectivity index (χ1n) is 8.12. The molecule has 2 atom stereocenters. The molecule has 0 aliphatic rings. The fraction of sp³-hybridized carbons (Fsp3) is 0.471. The van der Waals surface area contributed by atoms with Gasteiger partial charge in [-0.25, -0.2) is 0 Å². The molecule has 2 rings (SSSR count). The highest BCUT2D eigenvalue weighted by molar-refractivity contribution is 8.03. The van der Waals surface area contributed by atoms with Crippen molar-refractivity contribution < 1.29 is 4.79 Å². The predicted octanol–water partition coefficient (Wildman–Crippen LogP) is 4.79. The quantitative estimate of drug-likeness (QED) is 0.633. The van der Waals surface area contributed by atoms with Crippen LogP contribution < -0.4 is 5.32 Å². The molecule has 0 fully saturated rings. The van der Waals surface area contributed by atoms with E-state index in [-0.39, 0.29) is 17.2 Å². The second kappa shape index (κ2) is 10.1. The molecule has 130 valence electrons. The second-order valence-corrected chi connectivity index (χ2v) is 9.36. The highest BCUT2D eigenvalue weighted by atomic mass is 32.2. The molecule has 0 spiro atoms. The zero-order valence-electron chi connectivity index (χ0n) is 14.2. The summed E-state index contributed by atoms with van der Waals surface area (Å²) in [5, 5.41) is 11.3. The molecule has 0 bridgehead atoms. The molecule has 1 aromatic heterocycles. The molecular formula is C17H23N3OS3. The minimum absolute atomic E-state index is 0.0437. The van der Waals surface area contributed by atoms with Gasteiger partial charge in [0, 0.05) is 0 Å². The van der Waals surface area contributed by atoms with Gasteiger partial charge in [-0.3, -0.25) is 4.79 Å². The van der Waals surface area contributed by atoms with Crippen molar-refractivity contribution >= 4 is 40.8 Å². The van der Waals surface area contributed by atoms with Crippen molar-refractivity contribution in [2.45, 2.75) is 53.6 Å². The van der Waals surface area contributed by atoms with E-state index in [1.165, 1.54) is 11.8 Å². The van der Waals surface area contributed by atoms with Crippen LogP contribution in [-0.2, 0) is 4.79 Å². The Balaban J connectivity index is 1.95. The van der Waals surface area contributed by atoms with Crippen LogP contribution >= 0.6 is 34.9 Å². The van der Waals surface area contributed by atoms with Gasteiger partial charge in [0.25, 0.3) is 0 Å². The van der Waals surface area contributed by atoms with Crippen LogP contribution in [0.4, 0.5) is 0 Å². The van der Waals surface area contributed by atoms with Crippen LogP contribution in [0.3, 0.4) is 0 Å². The maximum atomic E-state index is 12.6. The largest absolute Gasteiger partial charge is 0.348 e. The maximum Gasteiger partial charge on any atom is 0.233 e. The van der Waals surface area contributed by atoms with Gasteiger partial charge in [0.15, 0.2) is 8.68 Å². The number of nitrogens with one attached hydrogen (secondary N) is 1. The zero-order chi connectivity index (χ0) is 17.4. The summed E-state index contributed by atoms with van der Waals surface area (Å²) >= 11 is 4.70. The number of aromatic nitrogens is 2. The van der Waals surface area contributed by atoms with Crippen LogP contribution in [0.5, 0.6) is 0 Å². The molecule has 0 saturated heterocycles. The topological polar surface area (TPSA) is 54.9 Å². The van der Waals surface area contributed by atoms with Crippen LogP contribution in [-0.4, -0.2) is 27.1 Å². The number of carbonyl (C=O) groups excluding carboxylic acids is 1. The monoisotopic (exact) mass is 381 g/mol.